The van der Waals surface area contributed by atoms with E-state index < -0.39 is 18.2 Å². The quantitative estimate of drug-likeness (QED) is 0.228. The fourth-order valence-corrected chi connectivity index (χ4v) is 2.47. The first kappa shape index (κ1) is 16.6. The van der Waals surface area contributed by atoms with Gasteiger partial charge in [-0.25, -0.2) is 9.18 Å². The maximum Gasteiger partial charge on any atom is 0.380 e. The predicted molar refractivity (Wildman–Crippen MR) is 88.8 cm³/mol. The smallest absolute Gasteiger partial charge is 0.380 e. The number of rotatable bonds is 6. The van der Waals surface area contributed by atoms with E-state index in [1.54, 1.807) is 30.3 Å². The fourth-order valence-electron chi connectivity index (χ4n) is 2.47. The summed E-state index contributed by atoms with van der Waals surface area (Å²) >= 11 is 0. The highest BCUT2D eigenvalue weighted by atomic mass is 19.1. The van der Waals surface area contributed by atoms with Crippen LogP contribution in [0.5, 0.6) is 5.75 Å². The number of Topliss-reactive ketones (excluding diaryl/α,β-unsaturated/α-hetero) is 1. The van der Waals surface area contributed by atoms with E-state index in [9.17, 15) is 18.8 Å². The molecule has 0 N–H and O–H groups in total. The summed E-state index contributed by atoms with van der Waals surface area (Å²) in [5.74, 6) is -2.04. The standard InChI is InChI=1S/C19H14FNO4/c20-15-4-1-13(2-5-15)12-21-9-7-14-3-6-16(11-17(14)21)25-19(24)18(23)8-10-22/h1-7,9-11H,8,12H2. The number of aldehydes is 1. The number of hydrogen-bond acceptors (Lipinski definition) is 4. The molecular formula is C19H14FNO4. The average Bonchev–Trinajstić information content (AvgIpc) is 2.99. The Hall–Kier alpha value is -3.28. The molecule has 5 nitrogen and oxygen atoms in total. The summed E-state index contributed by atoms with van der Waals surface area (Å²) in [7, 11) is 0. The number of carbonyl (C=O) groups is 3. The normalized spacial score (nSPS) is 10.6. The second-order valence-electron chi connectivity index (χ2n) is 5.47. The van der Waals surface area contributed by atoms with Crippen LogP contribution in [0.1, 0.15) is 12.0 Å². The van der Waals surface area contributed by atoms with Crippen LogP contribution in [0.15, 0.2) is 54.7 Å². The first-order valence-corrected chi connectivity index (χ1v) is 7.59. The van der Waals surface area contributed by atoms with Crippen molar-refractivity contribution >= 4 is 28.9 Å². The SMILES string of the molecule is O=CCC(=O)C(=O)Oc1ccc2ccn(Cc3ccc(F)cc3)c2c1. The van der Waals surface area contributed by atoms with Crippen LogP contribution in [0.2, 0.25) is 0 Å². The Morgan fingerprint density at radius 3 is 2.56 bits per heavy atom. The molecule has 0 amide bonds. The van der Waals surface area contributed by atoms with Crippen molar-refractivity contribution in [3.63, 3.8) is 0 Å². The molecule has 1 aromatic heterocycles. The number of aromatic nitrogens is 1. The van der Waals surface area contributed by atoms with E-state index in [4.69, 9.17) is 4.74 Å². The summed E-state index contributed by atoms with van der Waals surface area (Å²) in [6.45, 7) is 0.519. The van der Waals surface area contributed by atoms with Crippen LogP contribution in [-0.2, 0) is 20.9 Å². The first-order chi connectivity index (χ1) is 12.1. The lowest BCUT2D eigenvalue weighted by Gasteiger charge is -2.08. The van der Waals surface area contributed by atoms with Gasteiger partial charge in [0.1, 0.15) is 17.9 Å². The molecule has 1 heterocycles. The highest BCUT2D eigenvalue weighted by molar-refractivity contribution is 6.36. The number of hydrogen-bond donors (Lipinski definition) is 0. The Morgan fingerprint density at radius 2 is 1.84 bits per heavy atom. The van der Waals surface area contributed by atoms with Crippen molar-refractivity contribution in [2.75, 3.05) is 0 Å². The number of halogens is 1. The van der Waals surface area contributed by atoms with E-state index in [1.807, 2.05) is 16.8 Å². The molecule has 0 saturated heterocycles. The van der Waals surface area contributed by atoms with Crippen LogP contribution in [0.3, 0.4) is 0 Å². The molecule has 0 unspecified atom stereocenters. The largest absolute Gasteiger partial charge is 0.421 e. The van der Waals surface area contributed by atoms with Gasteiger partial charge in [-0.2, -0.15) is 0 Å². The van der Waals surface area contributed by atoms with Gasteiger partial charge in [0, 0.05) is 18.8 Å². The Bertz CT molecular complexity index is 944. The first-order valence-electron chi connectivity index (χ1n) is 7.59. The van der Waals surface area contributed by atoms with Crippen LogP contribution in [0.25, 0.3) is 10.9 Å². The lowest BCUT2D eigenvalue weighted by Crippen LogP contribution is -2.20. The zero-order chi connectivity index (χ0) is 17.8. The van der Waals surface area contributed by atoms with Gasteiger partial charge in [0.2, 0.25) is 5.78 Å². The number of nitrogens with zero attached hydrogens (tertiary/aromatic N) is 1. The van der Waals surface area contributed by atoms with Crippen molar-refractivity contribution in [1.82, 2.24) is 4.57 Å². The monoisotopic (exact) mass is 339 g/mol. The Balaban J connectivity index is 1.84. The number of esters is 1. The maximum atomic E-state index is 13.0. The van der Waals surface area contributed by atoms with Crippen molar-refractivity contribution < 1.29 is 23.5 Å². The van der Waals surface area contributed by atoms with E-state index in [-0.39, 0.29) is 11.6 Å². The van der Waals surface area contributed by atoms with Crippen LogP contribution in [0, 0.1) is 5.82 Å². The van der Waals surface area contributed by atoms with E-state index in [1.165, 1.54) is 12.1 Å². The highest BCUT2D eigenvalue weighted by Gasteiger charge is 2.16. The molecule has 0 bridgehead atoms. The van der Waals surface area contributed by atoms with Crippen LogP contribution in [-0.4, -0.2) is 22.6 Å². The number of benzene rings is 2. The zero-order valence-electron chi connectivity index (χ0n) is 13.1. The number of carbonyl (C=O) groups excluding carboxylic acids is 3. The summed E-state index contributed by atoms with van der Waals surface area (Å²) in [5.41, 5.74) is 1.72. The molecular weight excluding hydrogens is 325 g/mol. The molecule has 3 aromatic rings. The summed E-state index contributed by atoms with van der Waals surface area (Å²) < 4.78 is 19.9. The molecule has 0 radical (unpaired) electrons. The molecule has 0 aliphatic rings. The van der Waals surface area contributed by atoms with Crippen LogP contribution in [0.4, 0.5) is 4.39 Å². The Kier molecular flexibility index (Phi) is 4.70. The minimum absolute atomic E-state index is 0.218. The lowest BCUT2D eigenvalue weighted by atomic mass is 10.2. The van der Waals surface area contributed by atoms with E-state index in [2.05, 4.69) is 0 Å². The topological polar surface area (TPSA) is 65.4 Å². The third-order valence-electron chi connectivity index (χ3n) is 3.72. The van der Waals surface area contributed by atoms with Gasteiger partial charge in [0.25, 0.3) is 0 Å². The highest BCUT2D eigenvalue weighted by Crippen LogP contribution is 2.23. The summed E-state index contributed by atoms with van der Waals surface area (Å²) in [5, 5.41) is 0.932. The third-order valence-corrected chi connectivity index (χ3v) is 3.72. The average molecular weight is 339 g/mol. The molecule has 3 rings (SSSR count). The summed E-state index contributed by atoms with van der Waals surface area (Å²) in [4.78, 5) is 33.3. The van der Waals surface area contributed by atoms with Gasteiger partial charge in [0.15, 0.2) is 0 Å². The lowest BCUT2D eigenvalue weighted by molar-refractivity contribution is -0.147. The van der Waals surface area contributed by atoms with Crippen molar-refractivity contribution in [3.8, 4) is 5.75 Å². The van der Waals surface area contributed by atoms with Crippen molar-refractivity contribution in [2.24, 2.45) is 0 Å². The third kappa shape index (κ3) is 3.80. The van der Waals surface area contributed by atoms with Gasteiger partial charge in [-0.1, -0.05) is 12.1 Å². The minimum atomic E-state index is -1.07. The molecule has 0 aliphatic carbocycles. The maximum absolute atomic E-state index is 13.0. The van der Waals surface area contributed by atoms with Crippen LogP contribution >= 0.6 is 0 Å². The molecule has 6 heteroatoms. The Morgan fingerprint density at radius 1 is 1.08 bits per heavy atom. The second-order valence-corrected chi connectivity index (χ2v) is 5.47. The number of ether oxygens (including phenoxy) is 1. The predicted octanol–water partition coefficient (Wildman–Crippen LogP) is 2.89. The van der Waals surface area contributed by atoms with Gasteiger partial charge < -0.3 is 14.1 Å². The van der Waals surface area contributed by atoms with Crippen molar-refractivity contribution in [2.45, 2.75) is 13.0 Å². The molecule has 25 heavy (non-hydrogen) atoms. The molecule has 0 aliphatic heterocycles. The molecule has 0 fully saturated rings. The molecule has 2 aromatic carbocycles. The van der Waals surface area contributed by atoms with Gasteiger partial charge in [-0.05, 0) is 41.3 Å². The fraction of sp³-hybridized carbons (Fsp3) is 0.105. The minimum Gasteiger partial charge on any atom is -0.421 e. The van der Waals surface area contributed by atoms with Gasteiger partial charge in [0.05, 0.1) is 11.9 Å². The van der Waals surface area contributed by atoms with Gasteiger partial charge in [-0.15, -0.1) is 0 Å². The van der Waals surface area contributed by atoms with Crippen molar-refractivity contribution in [1.29, 1.82) is 0 Å². The van der Waals surface area contributed by atoms with Gasteiger partial charge >= 0.3 is 5.97 Å². The van der Waals surface area contributed by atoms with E-state index in [0.717, 1.165) is 16.5 Å². The molecule has 0 atom stereocenters. The van der Waals surface area contributed by atoms with Gasteiger partial charge in [-0.3, -0.25) is 4.79 Å². The summed E-state index contributed by atoms with van der Waals surface area (Å²) in [6.07, 6.45) is 1.74. The molecule has 0 spiro atoms. The van der Waals surface area contributed by atoms with E-state index >= 15 is 0 Å². The second kappa shape index (κ2) is 7.09. The molecule has 0 saturated carbocycles. The number of ketones is 1. The summed E-state index contributed by atoms with van der Waals surface area (Å²) in [6, 6.07) is 13.1. The molecule has 126 valence electrons. The van der Waals surface area contributed by atoms with Crippen molar-refractivity contribution in [3.05, 3.63) is 66.1 Å². The van der Waals surface area contributed by atoms with E-state index in [0.29, 0.717) is 12.8 Å². The number of fused-ring (bicyclic) bond motifs is 1. The Labute approximate surface area is 142 Å². The zero-order valence-corrected chi connectivity index (χ0v) is 13.1. The van der Waals surface area contributed by atoms with Crippen LogP contribution < -0.4 is 4.74 Å².